The van der Waals surface area contributed by atoms with E-state index in [0.717, 1.165) is 11.3 Å². The molecular weight excluding hydrogens is 340 g/mol. The van der Waals surface area contributed by atoms with E-state index in [2.05, 4.69) is 106 Å². The highest BCUT2D eigenvalue weighted by molar-refractivity contribution is 5.78. The summed E-state index contributed by atoms with van der Waals surface area (Å²) >= 11 is 0. The van der Waals surface area contributed by atoms with E-state index in [1.54, 1.807) is 7.11 Å². The summed E-state index contributed by atoms with van der Waals surface area (Å²) in [6, 6.07) is 25.1. The van der Waals surface area contributed by atoms with Crippen LogP contribution in [0.5, 0.6) is 5.75 Å². The maximum absolute atomic E-state index is 5.71. The first kappa shape index (κ1) is 19.7. The molecular formula is C27H28O. The average molecular weight is 369 g/mol. The van der Waals surface area contributed by atoms with Crippen molar-refractivity contribution in [1.29, 1.82) is 0 Å². The molecule has 1 nitrogen and oxygen atoms in total. The Kier molecular flexibility index (Phi) is 6.16. The molecule has 0 aliphatic heterocycles. The van der Waals surface area contributed by atoms with Crippen LogP contribution in [-0.2, 0) is 5.41 Å². The van der Waals surface area contributed by atoms with Gasteiger partial charge in [0.25, 0.3) is 0 Å². The second-order valence-corrected chi connectivity index (χ2v) is 7.92. The Hall–Kier alpha value is -3.06. The van der Waals surface area contributed by atoms with E-state index in [1.807, 2.05) is 12.1 Å². The molecule has 3 aromatic carbocycles. The smallest absolute Gasteiger partial charge is 0.126 e. The van der Waals surface area contributed by atoms with Gasteiger partial charge in [0, 0.05) is 5.56 Å². The second kappa shape index (κ2) is 8.75. The fraction of sp³-hybridized carbons (Fsp3) is 0.185. The molecule has 28 heavy (non-hydrogen) atoms. The van der Waals surface area contributed by atoms with Gasteiger partial charge in [-0.25, -0.2) is 0 Å². The molecule has 3 aromatic rings. The molecule has 0 spiro atoms. The minimum absolute atomic E-state index is 0.0258. The van der Waals surface area contributed by atoms with E-state index in [0.29, 0.717) is 0 Å². The van der Waals surface area contributed by atoms with Crippen LogP contribution in [0.1, 0.15) is 48.6 Å². The van der Waals surface area contributed by atoms with E-state index >= 15 is 0 Å². The first-order valence-corrected chi connectivity index (χ1v) is 9.66. The van der Waals surface area contributed by atoms with Crippen molar-refractivity contribution >= 4 is 24.3 Å². The Morgan fingerprint density at radius 2 is 1.14 bits per heavy atom. The average Bonchev–Trinajstić information content (AvgIpc) is 2.71. The van der Waals surface area contributed by atoms with Gasteiger partial charge in [0.2, 0.25) is 0 Å². The van der Waals surface area contributed by atoms with E-state index < -0.39 is 0 Å². The molecule has 0 aliphatic carbocycles. The van der Waals surface area contributed by atoms with Crippen molar-refractivity contribution in [3.8, 4) is 5.75 Å². The summed E-state index contributed by atoms with van der Waals surface area (Å²) in [6.07, 6.45) is 8.60. The minimum Gasteiger partial charge on any atom is -0.496 e. The Balaban J connectivity index is 2.03. The summed E-state index contributed by atoms with van der Waals surface area (Å²) in [7, 11) is 1.73. The quantitative estimate of drug-likeness (QED) is 0.428. The number of ether oxygens (including phenoxy) is 1. The standard InChI is InChI=1S/C27H28O/c1-27(2,3)25-19-24(18-16-22-13-9-6-10-14-22)26(28-4)20-23(25)17-15-21-11-7-5-8-12-21/h5-20H,1-4H3. The summed E-state index contributed by atoms with van der Waals surface area (Å²) in [5.74, 6) is 0.882. The van der Waals surface area contributed by atoms with E-state index in [4.69, 9.17) is 4.74 Å². The minimum atomic E-state index is 0.0258. The maximum atomic E-state index is 5.71. The molecule has 0 aliphatic rings. The van der Waals surface area contributed by atoms with Crippen molar-refractivity contribution < 1.29 is 4.74 Å². The molecule has 0 radical (unpaired) electrons. The predicted molar refractivity (Wildman–Crippen MR) is 122 cm³/mol. The Bertz CT molecular complexity index is 958. The SMILES string of the molecule is COc1cc(C=Cc2ccccc2)c(C(C)(C)C)cc1C=Cc1ccccc1. The molecule has 0 fully saturated rings. The molecule has 0 aromatic heterocycles. The monoisotopic (exact) mass is 368 g/mol. The number of hydrogen-bond donors (Lipinski definition) is 0. The fourth-order valence-electron chi connectivity index (χ4n) is 3.21. The van der Waals surface area contributed by atoms with E-state index in [1.165, 1.54) is 22.3 Å². The third kappa shape index (κ3) is 5.01. The summed E-state index contributed by atoms with van der Waals surface area (Å²) in [5.41, 5.74) is 5.97. The molecule has 0 amide bonds. The molecule has 0 saturated heterocycles. The lowest BCUT2D eigenvalue weighted by Gasteiger charge is -2.23. The Morgan fingerprint density at radius 1 is 0.643 bits per heavy atom. The van der Waals surface area contributed by atoms with Crippen molar-refractivity contribution in [2.24, 2.45) is 0 Å². The summed E-state index contributed by atoms with van der Waals surface area (Å²) in [5, 5.41) is 0. The van der Waals surface area contributed by atoms with Crippen LogP contribution >= 0.6 is 0 Å². The lowest BCUT2D eigenvalue weighted by atomic mass is 9.82. The van der Waals surface area contributed by atoms with E-state index in [9.17, 15) is 0 Å². The van der Waals surface area contributed by atoms with Gasteiger partial charge in [-0.2, -0.15) is 0 Å². The van der Waals surface area contributed by atoms with Gasteiger partial charge in [0.1, 0.15) is 5.75 Å². The zero-order chi connectivity index (χ0) is 20.0. The predicted octanol–water partition coefficient (Wildman–Crippen LogP) is 7.33. The molecule has 0 saturated carbocycles. The van der Waals surface area contributed by atoms with Crippen molar-refractivity contribution in [3.05, 3.63) is 101 Å². The normalized spacial score (nSPS) is 12.0. The third-order valence-corrected chi connectivity index (χ3v) is 4.72. The van der Waals surface area contributed by atoms with Gasteiger partial charge in [-0.15, -0.1) is 0 Å². The van der Waals surface area contributed by atoms with Crippen LogP contribution < -0.4 is 4.74 Å². The molecule has 1 heteroatoms. The number of hydrogen-bond acceptors (Lipinski definition) is 1. The van der Waals surface area contributed by atoms with Crippen LogP contribution in [0, 0.1) is 0 Å². The van der Waals surface area contributed by atoms with Gasteiger partial charge in [-0.3, -0.25) is 0 Å². The van der Waals surface area contributed by atoms with Crippen LogP contribution in [0.25, 0.3) is 24.3 Å². The Morgan fingerprint density at radius 3 is 1.61 bits per heavy atom. The van der Waals surface area contributed by atoms with Gasteiger partial charge < -0.3 is 4.74 Å². The highest BCUT2D eigenvalue weighted by Crippen LogP contribution is 2.34. The first-order valence-electron chi connectivity index (χ1n) is 9.66. The lowest BCUT2D eigenvalue weighted by molar-refractivity contribution is 0.413. The van der Waals surface area contributed by atoms with Crippen LogP contribution in [0.2, 0.25) is 0 Å². The van der Waals surface area contributed by atoms with Crippen molar-refractivity contribution in [2.75, 3.05) is 7.11 Å². The van der Waals surface area contributed by atoms with Gasteiger partial charge in [-0.05, 0) is 39.8 Å². The van der Waals surface area contributed by atoms with Crippen molar-refractivity contribution in [3.63, 3.8) is 0 Å². The topological polar surface area (TPSA) is 9.23 Å². The third-order valence-electron chi connectivity index (χ3n) is 4.72. The molecule has 0 heterocycles. The maximum Gasteiger partial charge on any atom is 0.126 e. The molecule has 0 bridgehead atoms. The summed E-state index contributed by atoms with van der Waals surface area (Å²) in [4.78, 5) is 0. The van der Waals surface area contributed by atoms with Gasteiger partial charge in [0.05, 0.1) is 7.11 Å². The van der Waals surface area contributed by atoms with Gasteiger partial charge in [0.15, 0.2) is 0 Å². The largest absolute Gasteiger partial charge is 0.496 e. The Labute approximate surface area is 169 Å². The van der Waals surface area contributed by atoms with Crippen LogP contribution in [-0.4, -0.2) is 7.11 Å². The number of benzene rings is 3. The fourth-order valence-corrected chi connectivity index (χ4v) is 3.21. The van der Waals surface area contributed by atoms with Crippen LogP contribution in [0.4, 0.5) is 0 Å². The zero-order valence-electron chi connectivity index (χ0n) is 17.1. The molecule has 3 rings (SSSR count). The van der Waals surface area contributed by atoms with Crippen molar-refractivity contribution in [2.45, 2.75) is 26.2 Å². The first-order chi connectivity index (χ1) is 13.5. The van der Waals surface area contributed by atoms with Gasteiger partial charge in [-0.1, -0.05) is 106 Å². The molecule has 0 atom stereocenters. The highest BCUT2D eigenvalue weighted by atomic mass is 16.5. The molecule has 0 unspecified atom stereocenters. The molecule has 0 N–H and O–H groups in total. The van der Waals surface area contributed by atoms with Crippen LogP contribution in [0.3, 0.4) is 0 Å². The van der Waals surface area contributed by atoms with Crippen LogP contribution in [0.15, 0.2) is 72.8 Å². The van der Waals surface area contributed by atoms with E-state index in [-0.39, 0.29) is 5.41 Å². The van der Waals surface area contributed by atoms with Crippen molar-refractivity contribution in [1.82, 2.24) is 0 Å². The number of rotatable bonds is 5. The second-order valence-electron chi connectivity index (χ2n) is 7.92. The lowest BCUT2D eigenvalue weighted by Crippen LogP contribution is -2.13. The van der Waals surface area contributed by atoms with Gasteiger partial charge >= 0.3 is 0 Å². The summed E-state index contributed by atoms with van der Waals surface area (Å²) < 4.78 is 5.71. The molecule has 142 valence electrons. The number of methoxy groups -OCH3 is 1. The zero-order valence-corrected chi connectivity index (χ0v) is 17.1. The summed E-state index contributed by atoms with van der Waals surface area (Å²) in [6.45, 7) is 6.75. The highest BCUT2D eigenvalue weighted by Gasteiger charge is 2.19.